The minimum absolute atomic E-state index is 0.255. The van der Waals surface area contributed by atoms with Crippen LogP contribution in [0.3, 0.4) is 0 Å². The van der Waals surface area contributed by atoms with Crippen LogP contribution in [0.1, 0.15) is 11.3 Å². The zero-order valence-corrected chi connectivity index (χ0v) is 13.3. The van der Waals surface area contributed by atoms with Crippen LogP contribution >= 0.6 is 11.3 Å². The topological polar surface area (TPSA) is 45.7 Å². The van der Waals surface area contributed by atoms with E-state index < -0.39 is 0 Å². The van der Waals surface area contributed by atoms with Crippen LogP contribution in [0.4, 0.5) is 4.39 Å². The standard InChI is InChI=1S/C16H20FN3OS/c1-18-16(20-12-15-4-2-11-22-15)19-9-3-10-21-14-7-5-13(17)6-8-14/h2,4-8,11H,3,9-10,12H2,1H3,(H2,18,19,20). The highest BCUT2D eigenvalue weighted by molar-refractivity contribution is 7.09. The van der Waals surface area contributed by atoms with Crippen LogP contribution in [0, 0.1) is 5.82 Å². The predicted molar refractivity (Wildman–Crippen MR) is 89.0 cm³/mol. The number of guanidine groups is 1. The maximum Gasteiger partial charge on any atom is 0.191 e. The van der Waals surface area contributed by atoms with Gasteiger partial charge in [0.2, 0.25) is 0 Å². The second-order valence-corrected chi connectivity index (χ2v) is 5.62. The number of hydrogen-bond acceptors (Lipinski definition) is 3. The third-order valence-corrected chi connectivity index (χ3v) is 3.81. The molecule has 0 atom stereocenters. The molecule has 6 heteroatoms. The van der Waals surface area contributed by atoms with Crippen LogP contribution in [-0.2, 0) is 6.54 Å². The average molecular weight is 321 g/mol. The van der Waals surface area contributed by atoms with Gasteiger partial charge in [-0.2, -0.15) is 0 Å². The Morgan fingerprint density at radius 1 is 1.23 bits per heavy atom. The molecule has 0 fully saturated rings. The molecule has 1 heterocycles. The number of nitrogens with one attached hydrogen (secondary N) is 2. The lowest BCUT2D eigenvalue weighted by molar-refractivity contribution is 0.310. The molecule has 0 unspecified atom stereocenters. The Bertz CT molecular complexity index is 570. The highest BCUT2D eigenvalue weighted by atomic mass is 32.1. The number of aliphatic imine (C=N–C) groups is 1. The van der Waals surface area contributed by atoms with Gasteiger partial charge in [0, 0.05) is 18.5 Å². The minimum atomic E-state index is -0.255. The van der Waals surface area contributed by atoms with Crippen molar-refractivity contribution in [2.75, 3.05) is 20.2 Å². The van der Waals surface area contributed by atoms with E-state index in [-0.39, 0.29) is 5.82 Å². The summed E-state index contributed by atoms with van der Waals surface area (Å²) in [4.78, 5) is 5.44. The molecule has 2 rings (SSSR count). The maximum absolute atomic E-state index is 12.7. The fraction of sp³-hybridized carbons (Fsp3) is 0.312. The van der Waals surface area contributed by atoms with Gasteiger partial charge in [0.25, 0.3) is 0 Å². The Kier molecular flexibility index (Phi) is 6.70. The lowest BCUT2D eigenvalue weighted by Gasteiger charge is -2.11. The number of halogens is 1. The Morgan fingerprint density at radius 2 is 2.05 bits per heavy atom. The van der Waals surface area contributed by atoms with Gasteiger partial charge in [-0.25, -0.2) is 4.39 Å². The van der Waals surface area contributed by atoms with Crippen molar-refractivity contribution >= 4 is 17.3 Å². The van der Waals surface area contributed by atoms with Crippen molar-refractivity contribution in [2.45, 2.75) is 13.0 Å². The minimum Gasteiger partial charge on any atom is -0.494 e. The van der Waals surface area contributed by atoms with Gasteiger partial charge in [0.1, 0.15) is 11.6 Å². The summed E-state index contributed by atoms with van der Waals surface area (Å²) < 4.78 is 18.3. The molecular weight excluding hydrogens is 301 g/mol. The Labute approximate surface area is 134 Å². The second kappa shape index (κ2) is 9.04. The van der Waals surface area contributed by atoms with Crippen LogP contribution < -0.4 is 15.4 Å². The van der Waals surface area contributed by atoms with E-state index >= 15 is 0 Å². The highest BCUT2D eigenvalue weighted by Gasteiger charge is 1.99. The summed E-state index contributed by atoms with van der Waals surface area (Å²) in [5, 5.41) is 8.54. The quantitative estimate of drug-likeness (QED) is 0.468. The Hall–Kier alpha value is -2.08. The van der Waals surface area contributed by atoms with Crippen molar-refractivity contribution in [3.8, 4) is 5.75 Å². The SMILES string of the molecule is CN=C(NCCCOc1ccc(F)cc1)NCc1cccs1. The van der Waals surface area contributed by atoms with Gasteiger partial charge in [-0.15, -0.1) is 11.3 Å². The van der Waals surface area contributed by atoms with Crippen LogP contribution in [0.2, 0.25) is 0 Å². The summed E-state index contributed by atoms with van der Waals surface area (Å²) in [6.07, 6.45) is 0.830. The van der Waals surface area contributed by atoms with Gasteiger partial charge in [-0.1, -0.05) is 6.07 Å². The highest BCUT2D eigenvalue weighted by Crippen LogP contribution is 2.11. The summed E-state index contributed by atoms with van der Waals surface area (Å²) in [5.74, 6) is 1.20. The van der Waals surface area contributed by atoms with Crippen LogP contribution in [-0.4, -0.2) is 26.2 Å². The molecule has 0 aliphatic rings. The molecule has 4 nitrogen and oxygen atoms in total. The molecular formula is C16H20FN3OS. The summed E-state index contributed by atoms with van der Waals surface area (Å²) in [6.45, 7) is 2.09. The molecule has 0 saturated heterocycles. The van der Waals surface area contributed by atoms with Crippen LogP contribution in [0.5, 0.6) is 5.75 Å². The first-order valence-electron chi connectivity index (χ1n) is 7.13. The lowest BCUT2D eigenvalue weighted by atomic mass is 10.3. The predicted octanol–water partition coefficient (Wildman–Crippen LogP) is 3.02. The molecule has 0 bridgehead atoms. The molecule has 0 spiro atoms. The third kappa shape index (κ3) is 5.73. The largest absolute Gasteiger partial charge is 0.494 e. The van der Waals surface area contributed by atoms with Crippen LogP contribution in [0.15, 0.2) is 46.8 Å². The van der Waals surface area contributed by atoms with Crippen LogP contribution in [0.25, 0.3) is 0 Å². The number of thiophene rings is 1. The van der Waals surface area contributed by atoms with Crippen molar-refractivity contribution < 1.29 is 9.13 Å². The molecule has 0 amide bonds. The summed E-state index contributed by atoms with van der Waals surface area (Å²) >= 11 is 1.71. The number of rotatable bonds is 7. The molecule has 0 aliphatic carbocycles. The van der Waals surface area contributed by atoms with E-state index in [2.05, 4.69) is 27.1 Å². The van der Waals surface area contributed by atoms with E-state index in [0.29, 0.717) is 12.4 Å². The lowest BCUT2D eigenvalue weighted by Crippen LogP contribution is -2.37. The van der Waals surface area contributed by atoms with E-state index in [0.717, 1.165) is 25.5 Å². The smallest absolute Gasteiger partial charge is 0.191 e. The Morgan fingerprint density at radius 3 is 2.73 bits per heavy atom. The van der Waals surface area contributed by atoms with Gasteiger partial charge < -0.3 is 15.4 Å². The summed E-state index contributed by atoms with van der Waals surface area (Å²) in [5.41, 5.74) is 0. The first-order valence-corrected chi connectivity index (χ1v) is 8.01. The van der Waals surface area contributed by atoms with Gasteiger partial charge >= 0.3 is 0 Å². The number of nitrogens with zero attached hydrogens (tertiary/aromatic N) is 1. The van der Waals surface area contributed by atoms with Crippen molar-refractivity contribution in [3.05, 3.63) is 52.5 Å². The summed E-state index contributed by atoms with van der Waals surface area (Å²) in [7, 11) is 1.75. The van der Waals surface area contributed by atoms with E-state index in [9.17, 15) is 4.39 Å². The molecule has 2 N–H and O–H groups in total. The molecule has 22 heavy (non-hydrogen) atoms. The van der Waals surface area contributed by atoms with E-state index in [1.807, 2.05) is 6.07 Å². The molecule has 1 aromatic carbocycles. The zero-order chi connectivity index (χ0) is 15.6. The molecule has 1 aromatic heterocycles. The monoisotopic (exact) mass is 321 g/mol. The maximum atomic E-state index is 12.7. The van der Waals surface area contributed by atoms with E-state index in [1.54, 1.807) is 30.5 Å². The van der Waals surface area contributed by atoms with E-state index in [4.69, 9.17) is 4.74 Å². The van der Waals surface area contributed by atoms with Gasteiger partial charge in [-0.05, 0) is 42.1 Å². The first kappa shape index (κ1) is 16.3. The van der Waals surface area contributed by atoms with Gasteiger partial charge in [0.15, 0.2) is 5.96 Å². The third-order valence-electron chi connectivity index (χ3n) is 2.93. The molecule has 2 aromatic rings. The second-order valence-electron chi connectivity index (χ2n) is 4.59. The fourth-order valence-corrected chi connectivity index (χ4v) is 2.45. The zero-order valence-electron chi connectivity index (χ0n) is 12.5. The van der Waals surface area contributed by atoms with Crippen molar-refractivity contribution in [1.29, 1.82) is 0 Å². The normalized spacial score (nSPS) is 11.3. The molecule has 0 aliphatic heterocycles. The Balaban J connectivity index is 1.59. The van der Waals surface area contributed by atoms with E-state index in [1.165, 1.54) is 17.0 Å². The van der Waals surface area contributed by atoms with Gasteiger partial charge in [0.05, 0.1) is 13.2 Å². The van der Waals surface area contributed by atoms with Crippen molar-refractivity contribution in [2.24, 2.45) is 4.99 Å². The number of benzene rings is 1. The number of ether oxygens (including phenoxy) is 1. The number of hydrogen-bond donors (Lipinski definition) is 2. The first-order chi connectivity index (χ1) is 10.8. The van der Waals surface area contributed by atoms with Gasteiger partial charge in [-0.3, -0.25) is 4.99 Å². The molecule has 118 valence electrons. The molecule has 0 saturated carbocycles. The fourth-order valence-electron chi connectivity index (χ4n) is 1.80. The average Bonchev–Trinajstić information content (AvgIpc) is 3.05. The van der Waals surface area contributed by atoms with Crippen molar-refractivity contribution in [3.63, 3.8) is 0 Å². The summed E-state index contributed by atoms with van der Waals surface area (Å²) in [6, 6.07) is 10.2. The van der Waals surface area contributed by atoms with Crippen molar-refractivity contribution in [1.82, 2.24) is 10.6 Å². The molecule has 0 radical (unpaired) electrons.